The predicted octanol–water partition coefficient (Wildman–Crippen LogP) is 0.0627. The third kappa shape index (κ3) is 1.69. The lowest BCUT2D eigenvalue weighted by Gasteiger charge is -2.11. The lowest BCUT2D eigenvalue weighted by molar-refractivity contribution is 0.0804. The second-order valence-electron chi connectivity index (χ2n) is 2.33. The molecule has 0 aromatic carbocycles. The molecule has 0 aliphatic rings. The highest BCUT2D eigenvalue weighted by atomic mass is 16.2. The Balaban J connectivity index is 2.65. The van der Waals surface area contributed by atoms with Crippen molar-refractivity contribution in [1.29, 1.82) is 0 Å². The van der Waals surface area contributed by atoms with Crippen LogP contribution in [-0.4, -0.2) is 39.8 Å². The molecular weight excluding hydrogens is 156 g/mol. The van der Waals surface area contributed by atoms with Crippen molar-refractivity contribution in [3.8, 4) is 0 Å². The second-order valence-corrected chi connectivity index (χ2v) is 2.33. The van der Waals surface area contributed by atoms with Crippen molar-refractivity contribution in [3.63, 3.8) is 0 Å². The van der Waals surface area contributed by atoms with Gasteiger partial charge in [-0.2, -0.15) is 15.4 Å². The van der Waals surface area contributed by atoms with Gasteiger partial charge in [0.05, 0.1) is 6.20 Å². The monoisotopic (exact) mass is 166 g/mol. The molecular formula is C7H10N4O. The number of amides is 1. The van der Waals surface area contributed by atoms with E-state index in [1.807, 2.05) is 0 Å². The van der Waals surface area contributed by atoms with Gasteiger partial charge in [-0.3, -0.25) is 4.79 Å². The number of H-pyrrole nitrogens is 1. The number of hydrogen-bond acceptors (Lipinski definition) is 3. The van der Waals surface area contributed by atoms with E-state index in [0.29, 0.717) is 12.2 Å². The SMILES string of the molecule is C=CCN(C)C(=O)c1cn[nH]n1. The van der Waals surface area contributed by atoms with E-state index < -0.39 is 0 Å². The molecule has 1 heterocycles. The smallest absolute Gasteiger partial charge is 0.276 e. The number of hydrogen-bond donors (Lipinski definition) is 1. The normalized spacial score (nSPS) is 9.42. The fourth-order valence-corrected chi connectivity index (χ4v) is 0.777. The van der Waals surface area contributed by atoms with Crippen LogP contribution in [0.25, 0.3) is 0 Å². The molecule has 0 aliphatic heterocycles. The molecule has 0 bridgehead atoms. The highest BCUT2D eigenvalue weighted by Gasteiger charge is 2.12. The number of nitrogens with one attached hydrogen (secondary N) is 1. The van der Waals surface area contributed by atoms with Crippen molar-refractivity contribution in [2.45, 2.75) is 0 Å². The van der Waals surface area contributed by atoms with Crippen LogP contribution in [0.2, 0.25) is 0 Å². The Labute approximate surface area is 70.1 Å². The molecule has 5 heteroatoms. The summed E-state index contributed by atoms with van der Waals surface area (Å²) in [5.74, 6) is -0.163. The van der Waals surface area contributed by atoms with Gasteiger partial charge in [-0.05, 0) is 0 Å². The third-order valence-electron chi connectivity index (χ3n) is 1.38. The molecule has 0 spiro atoms. The lowest BCUT2D eigenvalue weighted by Crippen LogP contribution is -2.26. The van der Waals surface area contributed by atoms with Gasteiger partial charge in [-0.15, -0.1) is 6.58 Å². The first-order valence-electron chi connectivity index (χ1n) is 3.48. The molecule has 0 atom stereocenters. The van der Waals surface area contributed by atoms with Crippen LogP contribution in [-0.2, 0) is 0 Å². The highest BCUT2D eigenvalue weighted by molar-refractivity contribution is 5.91. The van der Waals surface area contributed by atoms with Gasteiger partial charge < -0.3 is 4.90 Å². The Bertz CT molecular complexity index is 267. The third-order valence-corrected chi connectivity index (χ3v) is 1.38. The predicted molar refractivity (Wildman–Crippen MR) is 43.5 cm³/mol. The van der Waals surface area contributed by atoms with Gasteiger partial charge in [0, 0.05) is 13.6 Å². The van der Waals surface area contributed by atoms with Crippen molar-refractivity contribution in [2.24, 2.45) is 0 Å². The Morgan fingerprint density at radius 3 is 3.17 bits per heavy atom. The van der Waals surface area contributed by atoms with Gasteiger partial charge >= 0.3 is 0 Å². The molecule has 1 rings (SSSR count). The van der Waals surface area contributed by atoms with Crippen molar-refractivity contribution >= 4 is 5.91 Å². The van der Waals surface area contributed by atoms with Crippen LogP contribution in [0, 0.1) is 0 Å². The number of aromatic nitrogens is 3. The Morgan fingerprint density at radius 1 is 1.92 bits per heavy atom. The Hall–Kier alpha value is -1.65. The molecule has 64 valence electrons. The van der Waals surface area contributed by atoms with Crippen LogP contribution >= 0.6 is 0 Å². The van der Waals surface area contributed by atoms with Crippen molar-refractivity contribution in [1.82, 2.24) is 20.3 Å². The van der Waals surface area contributed by atoms with Crippen LogP contribution in [0.4, 0.5) is 0 Å². The minimum Gasteiger partial charge on any atom is -0.337 e. The van der Waals surface area contributed by atoms with E-state index in [1.54, 1.807) is 13.1 Å². The Morgan fingerprint density at radius 2 is 2.67 bits per heavy atom. The van der Waals surface area contributed by atoms with Crippen LogP contribution in [0.3, 0.4) is 0 Å². The molecule has 0 saturated carbocycles. The first-order valence-corrected chi connectivity index (χ1v) is 3.48. The Kier molecular flexibility index (Phi) is 2.57. The summed E-state index contributed by atoms with van der Waals surface area (Å²) in [4.78, 5) is 12.9. The molecule has 0 radical (unpaired) electrons. The first kappa shape index (κ1) is 8.45. The summed E-state index contributed by atoms with van der Waals surface area (Å²) < 4.78 is 0. The van der Waals surface area contributed by atoms with Gasteiger partial charge in [0.25, 0.3) is 5.91 Å². The fraction of sp³-hybridized carbons (Fsp3) is 0.286. The summed E-state index contributed by atoms with van der Waals surface area (Å²) in [7, 11) is 1.68. The highest BCUT2D eigenvalue weighted by Crippen LogP contribution is 1.95. The number of carbonyl (C=O) groups is 1. The summed E-state index contributed by atoms with van der Waals surface area (Å²) in [6.45, 7) is 4.03. The van der Waals surface area contributed by atoms with Gasteiger partial charge in [-0.1, -0.05) is 6.08 Å². The standard InChI is InChI=1S/C7H10N4O/c1-3-4-11(2)7(12)6-5-8-10-9-6/h3,5H,1,4H2,2H3,(H,8,9,10). The van der Waals surface area contributed by atoms with Gasteiger partial charge in [-0.25, -0.2) is 0 Å². The van der Waals surface area contributed by atoms with Crippen molar-refractivity contribution < 1.29 is 4.79 Å². The maximum Gasteiger partial charge on any atom is 0.276 e. The van der Waals surface area contributed by atoms with Crippen LogP contribution in [0.15, 0.2) is 18.9 Å². The van der Waals surface area contributed by atoms with Crippen LogP contribution < -0.4 is 0 Å². The zero-order valence-electron chi connectivity index (χ0n) is 6.82. The minimum atomic E-state index is -0.163. The summed E-state index contributed by atoms with van der Waals surface area (Å²) >= 11 is 0. The summed E-state index contributed by atoms with van der Waals surface area (Å²) in [6, 6.07) is 0. The maximum atomic E-state index is 11.4. The van der Waals surface area contributed by atoms with E-state index in [4.69, 9.17) is 0 Å². The van der Waals surface area contributed by atoms with Crippen LogP contribution in [0.1, 0.15) is 10.5 Å². The van der Waals surface area contributed by atoms with Crippen molar-refractivity contribution in [2.75, 3.05) is 13.6 Å². The average molecular weight is 166 g/mol. The molecule has 5 nitrogen and oxygen atoms in total. The number of aromatic amines is 1. The number of rotatable bonds is 3. The van der Waals surface area contributed by atoms with Crippen LogP contribution in [0.5, 0.6) is 0 Å². The molecule has 0 fully saturated rings. The van der Waals surface area contributed by atoms with E-state index in [0.717, 1.165) is 0 Å². The average Bonchev–Trinajstić information content (AvgIpc) is 2.55. The number of carbonyl (C=O) groups excluding carboxylic acids is 1. The zero-order valence-corrected chi connectivity index (χ0v) is 6.82. The molecule has 1 aromatic heterocycles. The van der Waals surface area contributed by atoms with Gasteiger partial charge in [0.15, 0.2) is 5.69 Å². The number of likely N-dealkylation sites (N-methyl/N-ethyl adjacent to an activating group) is 1. The number of nitrogens with zero attached hydrogens (tertiary/aromatic N) is 3. The van der Waals surface area contributed by atoms with Gasteiger partial charge in [0.2, 0.25) is 0 Å². The van der Waals surface area contributed by atoms with E-state index in [-0.39, 0.29) is 5.91 Å². The van der Waals surface area contributed by atoms with E-state index >= 15 is 0 Å². The van der Waals surface area contributed by atoms with E-state index in [2.05, 4.69) is 22.0 Å². The maximum absolute atomic E-state index is 11.4. The molecule has 1 amide bonds. The quantitative estimate of drug-likeness (QED) is 0.646. The topological polar surface area (TPSA) is 61.9 Å². The fourth-order valence-electron chi connectivity index (χ4n) is 0.777. The lowest BCUT2D eigenvalue weighted by atomic mass is 10.4. The van der Waals surface area contributed by atoms with E-state index in [9.17, 15) is 4.79 Å². The molecule has 1 aromatic rings. The molecule has 0 aliphatic carbocycles. The van der Waals surface area contributed by atoms with Gasteiger partial charge in [0.1, 0.15) is 0 Å². The minimum absolute atomic E-state index is 0.163. The summed E-state index contributed by atoms with van der Waals surface area (Å²) in [6.07, 6.45) is 3.04. The molecule has 12 heavy (non-hydrogen) atoms. The zero-order chi connectivity index (χ0) is 8.97. The molecule has 1 N–H and O–H groups in total. The first-order chi connectivity index (χ1) is 5.75. The van der Waals surface area contributed by atoms with Crippen molar-refractivity contribution in [3.05, 3.63) is 24.5 Å². The summed E-state index contributed by atoms with van der Waals surface area (Å²) in [5, 5.41) is 9.57. The van der Waals surface area contributed by atoms with E-state index in [1.165, 1.54) is 11.1 Å². The largest absolute Gasteiger partial charge is 0.337 e. The second kappa shape index (κ2) is 3.66. The summed E-state index contributed by atoms with van der Waals surface area (Å²) in [5.41, 5.74) is 0.319. The molecule has 0 saturated heterocycles. The molecule has 0 unspecified atom stereocenters.